The van der Waals surface area contributed by atoms with Crippen molar-refractivity contribution in [3.05, 3.63) is 5.69 Å². The molecule has 0 aromatic carbocycles. The van der Waals surface area contributed by atoms with Crippen molar-refractivity contribution >= 4 is 29.7 Å². The van der Waals surface area contributed by atoms with Crippen LogP contribution in [0.2, 0.25) is 0 Å². The fourth-order valence-corrected chi connectivity index (χ4v) is 3.62. The van der Waals surface area contributed by atoms with Gasteiger partial charge in [0.25, 0.3) is 0 Å². The predicted octanol–water partition coefficient (Wildman–Crippen LogP) is 3.33. The van der Waals surface area contributed by atoms with Gasteiger partial charge in [-0.3, -0.25) is 9.38 Å². The van der Waals surface area contributed by atoms with E-state index >= 15 is 0 Å². The Balaban J connectivity index is 2.04. The van der Waals surface area contributed by atoms with Gasteiger partial charge in [0.05, 0.1) is 30.1 Å². The minimum atomic E-state index is -0.260. The molecule has 0 N–H and O–H groups in total. The predicted molar refractivity (Wildman–Crippen MR) is 71.2 cm³/mol. The molecule has 17 heavy (non-hydrogen) atoms. The molecule has 1 aromatic heterocycles. The summed E-state index contributed by atoms with van der Waals surface area (Å²) in [5.74, 6) is 1.16. The minimum Gasteiger partial charge on any atom is -0.294 e. The quantitative estimate of drug-likeness (QED) is 0.610. The van der Waals surface area contributed by atoms with Crippen molar-refractivity contribution in [2.24, 2.45) is 4.99 Å². The third-order valence-electron chi connectivity index (χ3n) is 2.88. The summed E-state index contributed by atoms with van der Waals surface area (Å²) in [5.41, 5.74) is 1.07. The second kappa shape index (κ2) is 6.44. The summed E-state index contributed by atoms with van der Waals surface area (Å²) >= 11 is 2.87. The fraction of sp³-hybridized carbons (Fsp3) is 0.727. The van der Waals surface area contributed by atoms with Crippen LogP contribution in [0.3, 0.4) is 0 Å². The van der Waals surface area contributed by atoms with Crippen LogP contribution in [0.25, 0.3) is 0 Å². The van der Waals surface area contributed by atoms with Crippen molar-refractivity contribution in [2.75, 3.05) is 12.4 Å². The van der Waals surface area contributed by atoms with Gasteiger partial charge in [-0.05, 0) is 32.4 Å². The third-order valence-corrected chi connectivity index (χ3v) is 4.60. The highest BCUT2D eigenvalue weighted by Gasteiger charge is 2.26. The van der Waals surface area contributed by atoms with Crippen LogP contribution in [0.15, 0.2) is 10.0 Å². The van der Waals surface area contributed by atoms with Gasteiger partial charge in [0.2, 0.25) is 0 Å². The highest BCUT2D eigenvalue weighted by molar-refractivity contribution is 7.99. The Morgan fingerprint density at radius 3 is 3.18 bits per heavy atom. The van der Waals surface area contributed by atoms with Crippen LogP contribution < -0.4 is 0 Å². The van der Waals surface area contributed by atoms with Crippen molar-refractivity contribution in [3.8, 4) is 0 Å². The zero-order chi connectivity index (χ0) is 12.1. The van der Waals surface area contributed by atoms with E-state index < -0.39 is 0 Å². The fourth-order valence-electron chi connectivity index (χ4n) is 1.94. The Kier molecular flexibility index (Phi) is 4.91. The first-order valence-corrected chi connectivity index (χ1v) is 7.57. The molecule has 0 aliphatic carbocycles. The average molecular weight is 273 g/mol. The molecule has 0 saturated carbocycles. The summed E-state index contributed by atoms with van der Waals surface area (Å²) < 4.78 is 20.8. The van der Waals surface area contributed by atoms with E-state index in [9.17, 15) is 4.39 Å². The van der Waals surface area contributed by atoms with Crippen molar-refractivity contribution in [1.29, 1.82) is 0 Å². The van der Waals surface area contributed by atoms with Gasteiger partial charge in [0.1, 0.15) is 5.03 Å². The molecule has 2 heterocycles. The number of hydrogen-bond acceptors (Lipinski definition) is 5. The topological polar surface area (TPSA) is 38.1 Å². The number of halogens is 1. The second-order valence-corrected chi connectivity index (χ2v) is 5.71. The molecule has 94 valence electrons. The second-order valence-electron chi connectivity index (χ2n) is 4.10. The number of hydrogen-bond donors (Lipinski definition) is 0. The van der Waals surface area contributed by atoms with Crippen molar-refractivity contribution in [2.45, 2.75) is 43.2 Å². The van der Waals surface area contributed by atoms with E-state index in [1.807, 2.05) is 6.21 Å². The monoisotopic (exact) mass is 273 g/mol. The molecule has 2 unspecified atom stereocenters. The Hall–Kier alpha value is -0.490. The van der Waals surface area contributed by atoms with Gasteiger partial charge in [-0.25, -0.2) is 0 Å². The molecule has 0 spiro atoms. The van der Waals surface area contributed by atoms with Crippen LogP contribution in [0.5, 0.6) is 0 Å². The van der Waals surface area contributed by atoms with E-state index in [4.69, 9.17) is 0 Å². The van der Waals surface area contributed by atoms with Gasteiger partial charge in [0, 0.05) is 11.7 Å². The number of rotatable bonds is 5. The lowest BCUT2D eigenvalue weighted by Crippen LogP contribution is -2.18. The lowest BCUT2D eigenvalue weighted by molar-refractivity contribution is 0.489. The van der Waals surface area contributed by atoms with Gasteiger partial charge < -0.3 is 0 Å². The number of aliphatic imine (C=N–C) groups is 1. The largest absolute Gasteiger partial charge is 0.294 e. The highest BCUT2D eigenvalue weighted by atomic mass is 32.2. The van der Waals surface area contributed by atoms with Crippen molar-refractivity contribution in [1.82, 2.24) is 8.75 Å². The molecule has 2 rings (SSSR count). The van der Waals surface area contributed by atoms with E-state index in [-0.39, 0.29) is 12.7 Å². The van der Waals surface area contributed by atoms with Crippen LogP contribution in [0.1, 0.15) is 37.8 Å². The van der Waals surface area contributed by atoms with Gasteiger partial charge in [0.15, 0.2) is 0 Å². The summed E-state index contributed by atoms with van der Waals surface area (Å²) in [4.78, 5) is 4.45. The van der Waals surface area contributed by atoms with Crippen molar-refractivity contribution < 1.29 is 4.39 Å². The summed E-state index contributed by atoms with van der Waals surface area (Å²) in [7, 11) is 0. The molecule has 2 atom stereocenters. The standard InChI is InChI=1S/C11H16FN3S2/c1-8-9(4-2-6-13-8)10-11(15-17-14-10)16-7-3-5-12/h6,8-9H,2-5,7H2,1H3. The zero-order valence-corrected chi connectivity index (χ0v) is 11.4. The van der Waals surface area contributed by atoms with E-state index in [0.717, 1.165) is 29.3 Å². The number of alkyl halides is 1. The molecular formula is C11H16FN3S2. The summed E-state index contributed by atoms with van der Waals surface area (Å²) in [5, 5.41) is 0.984. The average Bonchev–Trinajstić information content (AvgIpc) is 2.78. The number of aromatic nitrogens is 2. The lowest BCUT2D eigenvalue weighted by Gasteiger charge is -2.22. The number of nitrogens with zero attached hydrogens (tertiary/aromatic N) is 3. The Labute approximate surface area is 109 Å². The molecular weight excluding hydrogens is 257 g/mol. The molecule has 0 saturated heterocycles. The molecule has 1 aromatic rings. The molecule has 6 heteroatoms. The Bertz CT molecular complexity index is 381. The molecule has 1 aliphatic heterocycles. The van der Waals surface area contributed by atoms with Crippen LogP contribution in [-0.2, 0) is 0 Å². The summed E-state index contributed by atoms with van der Waals surface area (Å²) in [6, 6.07) is 0.285. The first kappa shape index (κ1) is 13.0. The smallest absolute Gasteiger partial charge is 0.134 e. The first-order chi connectivity index (χ1) is 8.33. The number of thioether (sulfide) groups is 1. The van der Waals surface area contributed by atoms with E-state index in [1.54, 1.807) is 11.8 Å². The minimum absolute atomic E-state index is 0.260. The first-order valence-electron chi connectivity index (χ1n) is 5.85. The molecule has 3 nitrogen and oxygen atoms in total. The van der Waals surface area contributed by atoms with Gasteiger partial charge in [-0.2, -0.15) is 8.75 Å². The molecule has 0 bridgehead atoms. The van der Waals surface area contributed by atoms with Crippen LogP contribution in [0, 0.1) is 0 Å². The highest BCUT2D eigenvalue weighted by Crippen LogP contribution is 2.34. The molecule has 0 fully saturated rings. The maximum atomic E-state index is 12.1. The normalized spacial score (nSPS) is 24.1. The SMILES string of the molecule is CC1N=CCCC1c1nsnc1SCCCF. The van der Waals surface area contributed by atoms with Gasteiger partial charge in [-0.15, -0.1) is 11.8 Å². The van der Waals surface area contributed by atoms with Crippen LogP contribution in [-0.4, -0.2) is 33.4 Å². The van der Waals surface area contributed by atoms with Gasteiger partial charge in [-0.1, -0.05) is 0 Å². The Morgan fingerprint density at radius 2 is 2.41 bits per heavy atom. The van der Waals surface area contributed by atoms with Crippen LogP contribution in [0.4, 0.5) is 4.39 Å². The van der Waals surface area contributed by atoms with Crippen LogP contribution >= 0.6 is 23.5 Å². The maximum Gasteiger partial charge on any atom is 0.134 e. The van der Waals surface area contributed by atoms with E-state index in [2.05, 4.69) is 20.7 Å². The van der Waals surface area contributed by atoms with E-state index in [1.165, 1.54) is 11.7 Å². The summed E-state index contributed by atoms with van der Waals surface area (Å²) in [6.45, 7) is 1.86. The lowest BCUT2D eigenvalue weighted by atomic mass is 9.91. The maximum absolute atomic E-state index is 12.1. The third kappa shape index (κ3) is 3.25. The molecule has 0 radical (unpaired) electrons. The van der Waals surface area contributed by atoms with Gasteiger partial charge >= 0.3 is 0 Å². The summed E-state index contributed by atoms with van der Waals surface area (Å²) in [6.07, 6.45) is 4.69. The van der Waals surface area contributed by atoms with E-state index in [0.29, 0.717) is 12.3 Å². The zero-order valence-electron chi connectivity index (χ0n) is 9.80. The molecule has 0 amide bonds. The van der Waals surface area contributed by atoms with Crippen molar-refractivity contribution in [3.63, 3.8) is 0 Å². The Morgan fingerprint density at radius 1 is 1.53 bits per heavy atom. The molecule has 1 aliphatic rings.